The molecule has 0 unspecified atom stereocenters. The Kier molecular flexibility index (Phi) is 5.27. The van der Waals surface area contributed by atoms with Crippen LogP contribution in [-0.4, -0.2) is 33.1 Å². The average Bonchev–Trinajstić information content (AvgIpc) is 2.44. The van der Waals surface area contributed by atoms with Crippen LogP contribution in [0.4, 0.5) is 5.95 Å². The number of aromatic nitrogens is 4. The van der Waals surface area contributed by atoms with Crippen molar-refractivity contribution in [2.75, 3.05) is 18.1 Å². The molecule has 0 aliphatic carbocycles. The van der Waals surface area contributed by atoms with Crippen molar-refractivity contribution in [1.82, 2.24) is 19.9 Å². The zero-order chi connectivity index (χ0) is 15.2. The molecule has 0 bridgehead atoms. The Hall–Kier alpha value is -1.95. The largest absolute Gasteiger partial charge is 0.464 e. The Balaban J connectivity index is 2.24. The molecule has 0 aliphatic heterocycles. The van der Waals surface area contributed by atoms with E-state index in [-0.39, 0.29) is 11.3 Å². The predicted octanol–water partition coefficient (Wildman–Crippen LogP) is 2.65. The molecule has 0 fully saturated rings. The minimum atomic E-state index is 0.124. The molecular weight excluding hydrogens is 290 g/mol. The van der Waals surface area contributed by atoms with Crippen LogP contribution in [0.15, 0.2) is 18.2 Å². The number of aryl methyl sites for hydroxylation is 1. The summed E-state index contributed by atoms with van der Waals surface area (Å²) in [6, 6.07) is 6.16. The van der Waals surface area contributed by atoms with Gasteiger partial charge in [-0.3, -0.25) is 4.98 Å². The van der Waals surface area contributed by atoms with Gasteiger partial charge in [0.25, 0.3) is 0 Å². The molecule has 21 heavy (non-hydrogen) atoms. The molecule has 0 aliphatic rings. The van der Waals surface area contributed by atoms with Crippen LogP contribution in [0.3, 0.4) is 0 Å². The monoisotopic (exact) mass is 307 g/mol. The Morgan fingerprint density at radius 2 is 1.95 bits per heavy atom. The lowest BCUT2D eigenvalue weighted by Gasteiger charge is -2.20. The molecule has 0 saturated carbocycles. The van der Waals surface area contributed by atoms with Crippen molar-refractivity contribution in [3.63, 3.8) is 0 Å². The molecule has 0 saturated heterocycles. The maximum Gasteiger partial charge on any atom is 0.322 e. The standard InChI is InChI=1S/C14H18ClN5O/c1-4-20(9-11-8-6-7-10(3)16-11)13-17-12(15)18-14(19-13)21-5-2/h6-8H,4-5,9H2,1-3H3. The summed E-state index contributed by atoms with van der Waals surface area (Å²) in [5, 5.41) is 0.124. The fourth-order valence-electron chi connectivity index (χ4n) is 1.86. The van der Waals surface area contributed by atoms with Gasteiger partial charge < -0.3 is 9.64 Å². The van der Waals surface area contributed by atoms with E-state index in [1.54, 1.807) is 0 Å². The Morgan fingerprint density at radius 3 is 2.62 bits per heavy atom. The highest BCUT2D eigenvalue weighted by molar-refractivity contribution is 6.28. The van der Waals surface area contributed by atoms with E-state index in [4.69, 9.17) is 16.3 Å². The second-order valence-corrected chi connectivity index (χ2v) is 4.74. The molecule has 6 nitrogen and oxygen atoms in total. The van der Waals surface area contributed by atoms with Gasteiger partial charge >= 0.3 is 6.01 Å². The van der Waals surface area contributed by atoms with Crippen LogP contribution in [0.25, 0.3) is 0 Å². The first-order valence-electron chi connectivity index (χ1n) is 6.84. The topological polar surface area (TPSA) is 64.0 Å². The maximum atomic E-state index is 5.93. The molecule has 7 heteroatoms. The quantitative estimate of drug-likeness (QED) is 0.817. The number of halogens is 1. The van der Waals surface area contributed by atoms with Gasteiger partial charge in [-0.05, 0) is 44.5 Å². The van der Waals surface area contributed by atoms with Crippen LogP contribution in [0.1, 0.15) is 25.2 Å². The van der Waals surface area contributed by atoms with Crippen LogP contribution in [0.2, 0.25) is 5.28 Å². The predicted molar refractivity (Wildman–Crippen MR) is 81.7 cm³/mol. The molecule has 0 aromatic carbocycles. The number of pyridine rings is 1. The fraction of sp³-hybridized carbons (Fsp3) is 0.429. The van der Waals surface area contributed by atoms with Gasteiger partial charge in [-0.1, -0.05) is 6.07 Å². The lowest BCUT2D eigenvalue weighted by atomic mass is 10.3. The second kappa shape index (κ2) is 7.17. The molecule has 2 rings (SSSR count). The highest BCUT2D eigenvalue weighted by Crippen LogP contribution is 2.17. The molecule has 2 aromatic rings. The molecule has 112 valence electrons. The van der Waals surface area contributed by atoms with E-state index in [1.165, 1.54) is 0 Å². The molecule has 2 aromatic heterocycles. The number of nitrogens with zero attached hydrogens (tertiary/aromatic N) is 5. The van der Waals surface area contributed by atoms with E-state index in [1.807, 2.05) is 43.9 Å². The third-order valence-electron chi connectivity index (χ3n) is 2.81. The molecule has 0 radical (unpaired) electrons. The Morgan fingerprint density at radius 1 is 1.14 bits per heavy atom. The fourth-order valence-corrected chi connectivity index (χ4v) is 2.01. The molecule has 2 heterocycles. The summed E-state index contributed by atoms with van der Waals surface area (Å²) in [5.74, 6) is 0.490. The van der Waals surface area contributed by atoms with E-state index in [0.29, 0.717) is 19.1 Å². The normalized spacial score (nSPS) is 10.5. The Bertz CT molecular complexity index is 608. The van der Waals surface area contributed by atoms with Gasteiger partial charge in [-0.25, -0.2) is 0 Å². The first-order valence-corrected chi connectivity index (χ1v) is 7.22. The van der Waals surface area contributed by atoms with E-state index < -0.39 is 0 Å². The van der Waals surface area contributed by atoms with E-state index >= 15 is 0 Å². The SMILES string of the molecule is CCOc1nc(Cl)nc(N(CC)Cc2cccc(C)n2)n1. The van der Waals surface area contributed by atoms with Crippen molar-refractivity contribution < 1.29 is 4.74 Å². The number of hydrogen-bond donors (Lipinski definition) is 0. The number of ether oxygens (including phenoxy) is 1. The summed E-state index contributed by atoms with van der Waals surface area (Å²) in [6.07, 6.45) is 0. The maximum absolute atomic E-state index is 5.93. The van der Waals surface area contributed by atoms with E-state index in [0.717, 1.165) is 17.9 Å². The lowest BCUT2D eigenvalue weighted by Crippen LogP contribution is -2.25. The summed E-state index contributed by atoms with van der Waals surface area (Å²) >= 11 is 5.93. The van der Waals surface area contributed by atoms with Crippen molar-refractivity contribution in [1.29, 1.82) is 0 Å². The third kappa shape index (κ3) is 4.26. The van der Waals surface area contributed by atoms with E-state index in [2.05, 4.69) is 19.9 Å². The van der Waals surface area contributed by atoms with Gasteiger partial charge in [0.05, 0.1) is 18.8 Å². The number of hydrogen-bond acceptors (Lipinski definition) is 6. The highest BCUT2D eigenvalue weighted by Gasteiger charge is 2.13. The Labute approximate surface area is 129 Å². The van der Waals surface area contributed by atoms with Gasteiger partial charge in [0.15, 0.2) is 0 Å². The average molecular weight is 308 g/mol. The van der Waals surface area contributed by atoms with Crippen LogP contribution < -0.4 is 9.64 Å². The first-order chi connectivity index (χ1) is 10.1. The number of rotatable bonds is 6. The summed E-state index contributed by atoms with van der Waals surface area (Å²) in [4.78, 5) is 18.9. The minimum absolute atomic E-state index is 0.124. The summed E-state index contributed by atoms with van der Waals surface area (Å²) in [6.45, 7) is 7.66. The van der Waals surface area contributed by atoms with Crippen molar-refractivity contribution in [3.05, 3.63) is 34.9 Å². The first kappa shape index (κ1) is 15.4. The van der Waals surface area contributed by atoms with Crippen LogP contribution in [0, 0.1) is 6.92 Å². The van der Waals surface area contributed by atoms with Gasteiger partial charge in [0, 0.05) is 12.2 Å². The molecule has 0 atom stereocenters. The summed E-state index contributed by atoms with van der Waals surface area (Å²) in [5.41, 5.74) is 1.93. The number of anilines is 1. The van der Waals surface area contributed by atoms with Crippen LogP contribution >= 0.6 is 11.6 Å². The van der Waals surface area contributed by atoms with Gasteiger partial charge in [0.1, 0.15) is 0 Å². The van der Waals surface area contributed by atoms with Crippen LogP contribution in [-0.2, 0) is 6.54 Å². The molecule has 0 N–H and O–H groups in total. The molecular formula is C14H18ClN5O. The molecule has 0 amide bonds. The minimum Gasteiger partial charge on any atom is -0.464 e. The van der Waals surface area contributed by atoms with Crippen molar-refractivity contribution in [3.8, 4) is 6.01 Å². The van der Waals surface area contributed by atoms with Gasteiger partial charge in [-0.2, -0.15) is 15.0 Å². The highest BCUT2D eigenvalue weighted by atomic mass is 35.5. The van der Waals surface area contributed by atoms with Gasteiger partial charge in [-0.15, -0.1) is 0 Å². The summed E-state index contributed by atoms with van der Waals surface area (Å²) in [7, 11) is 0. The van der Waals surface area contributed by atoms with Crippen LogP contribution in [0.5, 0.6) is 6.01 Å². The smallest absolute Gasteiger partial charge is 0.322 e. The van der Waals surface area contributed by atoms with Gasteiger partial charge in [0.2, 0.25) is 11.2 Å². The zero-order valence-electron chi connectivity index (χ0n) is 12.4. The molecule has 0 spiro atoms. The van der Waals surface area contributed by atoms with Crippen molar-refractivity contribution in [2.24, 2.45) is 0 Å². The zero-order valence-corrected chi connectivity index (χ0v) is 13.1. The van der Waals surface area contributed by atoms with Crippen molar-refractivity contribution >= 4 is 17.5 Å². The van der Waals surface area contributed by atoms with E-state index in [9.17, 15) is 0 Å². The summed E-state index contributed by atoms with van der Waals surface area (Å²) < 4.78 is 5.30. The van der Waals surface area contributed by atoms with Crippen molar-refractivity contribution in [2.45, 2.75) is 27.3 Å². The third-order valence-corrected chi connectivity index (χ3v) is 2.98. The lowest BCUT2D eigenvalue weighted by molar-refractivity contribution is 0.311. The second-order valence-electron chi connectivity index (χ2n) is 4.40.